The maximum absolute atomic E-state index is 5.51. The summed E-state index contributed by atoms with van der Waals surface area (Å²) in [6.45, 7) is 7.72. The monoisotopic (exact) mass is 361 g/mol. The molecule has 1 aromatic heterocycles. The summed E-state index contributed by atoms with van der Waals surface area (Å²) in [6.07, 6.45) is 1.84. The van der Waals surface area contributed by atoms with Gasteiger partial charge in [-0.15, -0.1) is 0 Å². The zero-order valence-corrected chi connectivity index (χ0v) is 15.9. The molecule has 1 aliphatic heterocycles. The van der Waals surface area contributed by atoms with Gasteiger partial charge in [-0.25, -0.2) is 0 Å². The molecule has 1 unspecified atom stereocenters. The standard InChI is InChI=1S/C23H27N3O/c1-18-5-2-3-7-21(18)23(17-26-11-13-27-14-12-26)25-16-19-8-9-22-20(15-19)6-4-10-24-22/h2-10,15,23,25H,11-14,16-17H2,1H3. The molecule has 140 valence electrons. The molecule has 0 radical (unpaired) electrons. The Morgan fingerprint density at radius 2 is 1.93 bits per heavy atom. The Labute approximate surface area is 161 Å². The fourth-order valence-corrected chi connectivity index (χ4v) is 3.77. The molecular weight excluding hydrogens is 334 g/mol. The first-order valence-electron chi connectivity index (χ1n) is 9.72. The summed E-state index contributed by atoms with van der Waals surface area (Å²) < 4.78 is 5.51. The van der Waals surface area contributed by atoms with Gasteiger partial charge in [0.2, 0.25) is 0 Å². The van der Waals surface area contributed by atoms with Crippen LogP contribution in [0.2, 0.25) is 0 Å². The minimum atomic E-state index is 0.300. The van der Waals surface area contributed by atoms with Crippen molar-refractivity contribution in [2.45, 2.75) is 19.5 Å². The normalized spacial score (nSPS) is 16.5. The molecule has 1 saturated heterocycles. The number of hydrogen-bond acceptors (Lipinski definition) is 4. The number of benzene rings is 2. The van der Waals surface area contributed by atoms with Crippen molar-refractivity contribution < 1.29 is 4.74 Å². The fourth-order valence-electron chi connectivity index (χ4n) is 3.77. The van der Waals surface area contributed by atoms with Gasteiger partial charge in [0, 0.05) is 43.8 Å². The molecular formula is C23H27N3O. The van der Waals surface area contributed by atoms with Gasteiger partial charge in [-0.05, 0) is 41.8 Å². The summed E-state index contributed by atoms with van der Waals surface area (Å²) in [5.41, 5.74) is 5.05. The second-order valence-corrected chi connectivity index (χ2v) is 7.23. The highest BCUT2D eigenvalue weighted by Crippen LogP contribution is 2.21. The molecule has 0 spiro atoms. The van der Waals surface area contributed by atoms with Gasteiger partial charge in [0.15, 0.2) is 0 Å². The first kappa shape index (κ1) is 18.1. The predicted molar refractivity (Wildman–Crippen MR) is 110 cm³/mol. The minimum absolute atomic E-state index is 0.300. The molecule has 4 rings (SSSR count). The SMILES string of the molecule is Cc1ccccc1C(CN1CCOCC1)NCc1ccc2ncccc2c1. The summed E-state index contributed by atoms with van der Waals surface area (Å²) >= 11 is 0. The van der Waals surface area contributed by atoms with Crippen LogP contribution in [0.5, 0.6) is 0 Å². The van der Waals surface area contributed by atoms with Crippen molar-refractivity contribution in [1.29, 1.82) is 0 Å². The van der Waals surface area contributed by atoms with Crippen molar-refractivity contribution in [3.05, 3.63) is 77.5 Å². The Kier molecular flexibility index (Phi) is 5.78. The van der Waals surface area contributed by atoms with E-state index in [0.29, 0.717) is 6.04 Å². The van der Waals surface area contributed by atoms with Gasteiger partial charge in [0.25, 0.3) is 0 Å². The summed E-state index contributed by atoms with van der Waals surface area (Å²) in [6, 6.07) is 19.6. The van der Waals surface area contributed by atoms with Crippen molar-refractivity contribution >= 4 is 10.9 Å². The van der Waals surface area contributed by atoms with Gasteiger partial charge in [-0.1, -0.05) is 36.4 Å². The van der Waals surface area contributed by atoms with Crippen LogP contribution < -0.4 is 5.32 Å². The maximum atomic E-state index is 5.51. The number of rotatable bonds is 6. The van der Waals surface area contributed by atoms with Crippen molar-refractivity contribution in [1.82, 2.24) is 15.2 Å². The number of pyridine rings is 1. The van der Waals surface area contributed by atoms with Crippen LogP contribution in [0, 0.1) is 6.92 Å². The molecule has 1 N–H and O–H groups in total. The number of ether oxygens (including phenoxy) is 1. The van der Waals surface area contributed by atoms with Crippen LogP contribution in [0.3, 0.4) is 0 Å². The molecule has 0 amide bonds. The topological polar surface area (TPSA) is 37.4 Å². The molecule has 1 fully saturated rings. The molecule has 2 aromatic carbocycles. The number of hydrogen-bond donors (Lipinski definition) is 1. The van der Waals surface area contributed by atoms with Gasteiger partial charge in [0.05, 0.1) is 18.7 Å². The van der Waals surface area contributed by atoms with Gasteiger partial charge in [-0.3, -0.25) is 9.88 Å². The smallest absolute Gasteiger partial charge is 0.0702 e. The quantitative estimate of drug-likeness (QED) is 0.726. The molecule has 4 nitrogen and oxygen atoms in total. The molecule has 2 heterocycles. The fraction of sp³-hybridized carbons (Fsp3) is 0.348. The number of aromatic nitrogens is 1. The van der Waals surface area contributed by atoms with Crippen LogP contribution in [-0.4, -0.2) is 42.7 Å². The minimum Gasteiger partial charge on any atom is -0.379 e. The molecule has 1 atom stereocenters. The molecule has 0 aliphatic carbocycles. The highest BCUT2D eigenvalue weighted by atomic mass is 16.5. The largest absolute Gasteiger partial charge is 0.379 e. The Morgan fingerprint density at radius 1 is 1.07 bits per heavy atom. The van der Waals surface area contributed by atoms with Crippen molar-refractivity contribution in [2.24, 2.45) is 0 Å². The molecule has 0 saturated carbocycles. The lowest BCUT2D eigenvalue weighted by Gasteiger charge is -2.31. The van der Waals surface area contributed by atoms with Crippen LogP contribution in [0.1, 0.15) is 22.7 Å². The van der Waals surface area contributed by atoms with E-state index in [-0.39, 0.29) is 0 Å². The zero-order valence-electron chi connectivity index (χ0n) is 15.9. The van der Waals surface area contributed by atoms with Crippen LogP contribution in [0.25, 0.3) is 10.9 Å². The first-order valence-corrected chi connectivity index (χ1v) is 9.72. The third kappa shape index (κ3) is 4.53. The van der Waals surface area contributed by atoms with E-state index in [1.54, 1.807) is 0 Å². The van der Waals surface area contributed by atoms with Gasteiger partial charge in [-0.2, -0.15) is 0 Å². The summed E-state index contributed by atoms with van der Waals surface area (Å²) in [7, 11) is 0. The highest BCUT2D eigenvalue weighted by molar-refractivity contribution is 5.78. The summed E-state index contributed by atoms with van der Waals surface area (Å²) in [5, 5.41) is 4.99. The second kappa shape index (κ2) is 8.61. The van der Waals surface area contributed by atoms with E-state index in [2.05, 4.69) is 70.7 Å². The zero-order chi connectivity index (χ0) is 18.5. The average molecular weight is 361 g/mol. The van der Waals surface area contributed by atoms with Gasteiger partial charge < -0.3 is 10.1 Å². The lowest BCUT2D eigenvalue weighted by Crippen LogP contribution is -2.42. The maximum Gasteiger partial charge on any atom is 0.0702 e. The number of fused-ring (bicyclic) bond motifs is 1. The predicted octanol–water partition coefficient (Wildman–Crippen LogP) is 3.71. The molecule has 3 aromatic rings. The van der Waals surface area contributed by atoms with Crippen molar-refractivity contribution in [2.75, 3.05) is 32.8 Å². The van der Waals surface area contributed by atoms with E-state index in [4.69, 9.17) is 4.74 Å². The molecule has 27 heavy (non-hydrogen) atoms. The van der Waals surface area contributed by atoms with Crippen LogP contribution in [0.15, 0.2) is 60.8 Å². The molecule has 0 bridgehead atoms. The van der Waals surface area contributed by atoms with E-state index in [1.807, 2.05) is 12.3 Å². The number of morpholine rings is 1. The van der Waals surface area contributed by atoms with E-state index in [9.17, 15) is 0 Å². The van der Waals surface area contributed by atoms with Gasteiger partial charge >= 0.3 is 0 Å². The number of aryl methyl sites for hydroxylation is 1. The Hall–Kier alpha value is -2.27. The molecule has 1 aliphatic rings. The summed E-state index contributed by atoms with van der Waals surface area (Å²) in [5.74, 6) is 0. The van der Waals surface area contributed by atoms with E-state index in [0.717, 1.165) is 44.9 Å². The molecule has 4 heteroatoms. The van der Waals surface area contributed by atoms with E-state index in [1.165, 1.54) is 22.1 Å². The lowest BCUT2D eigenvalue weighted by atomic mass is 10.00. The van der Waals surface area contributed by atoms with Gasteiger partial charge in [0.1, 0.15) is 0 Å². The number of nitrogens with one attached hydrogen (secondary N) is 1. The highest BCUT2D eigenvalue weighted by Gasteiger charge is 2.19. The Bertz CT molecular complexity index is 889. The Morgan fingerprint density at radius 3 is 2.78 bits per heavy atom. The van der Waals surface area contributed by atoms with Crippen molar-refractivity contribution in [3.8, 4) is 0 Å². The third-order valence-corrected chi connectivity index (χ3v) is 5.33. The van der Waals surface area contributed by atoms with E-state index < -0.39 is 0 Å². The van der Waals surface area contributed by atoms with E-state index >= 15 is 0 Å². The van der Waals surface area contributed by atoms with Crippen LogP contribution in [0.4, 0.5) is 0 Å². The first-order chi connectivity index (χ1) is 13.3. The number of nitrogens with zero attached hydrogens (tertiary/aromatic N) is 2. The van der Waals surface area contributed by atoms with Crippen molar-refractivity contribution in [3.63, 3.8) is 0 Å². The Balaban J connectivity index is 1.51. The van der Waals surface area contributed by atoms with Crippen LogP contribution in [-0.2, 0) is 11.3 Å². The average Bonchev–Trinajstić information content (AvgIpc) is 2.72. The lowest BCUT2D eigenvalue weighted by molar-refractivity contribution is 0.0333. The summed E-state index contributed by atoms with van der Waals surface area (Å²) in [4.78, 5) is 6.91. The third-order valence-electron chi connectivity index (χ3n) is 5.33. The van der Waals surface area contributed by atoms with Crippen LogP contribution >= 0.6 is 0 Å². The second-order valence-electron chi connectivity index (χ2n) is 7.23.